The van der Waals surface area contributed by atoms with Crippen LogP contribution in [0, 0.1) is 29.4 Å². The maximum absolute atomic E-state index is 16.1. The van der Waals surface area contributed by atoms with Gasteiger partial charge in [-0.25, -0.2) is 40.0 Å². The predicted octanol–water partition coefficient (Wildman–Crippen LogP) is 7.50. The van der Waals surface area contributed by atoms with Crippen molar-refractivity contribution in [1.29, 1.82) is 0 Å². The summed E-state index contributed by atoms with van der Waals surface area (Å²) in [6, 6.07) is 3.25. The number of nitrogens with zero attached hydrogens (tertiary/aromatic N) is 6. The fourth-order valence-electron chi connectivity index (χ4n) is 11.5. The molecule has 3 heterocycles. The first kappa shape index (κ1) is 74.1. The molecule has 8 N–H and O–H groups in total. The number of carboxylic acid groups (broad SMARTS) is 2. The van der Waals surface area contributed by atoms with E-state index in [2.05, 4.69) is 32.3 Å². The lowest BCUT2D eigenvalue weighted by Crippen LogP contribution is -2.43. The van der Waals surface area contributed by atoms with Gasteiger partial charge < -0.3 is 31.1 Å². The van der Waals surface area contributed by atoms with Crippen LogP contribution in [0.1, 0.15) is 121 Å². The summed E-state index contributed by atoms with van der Waals surface area (Å²) in [4.78, 5) is 104. The van der Waals surface area contributed by atoms with Gasteiger partial charge in [0.2, 0.25) is 33.7 Å². The number of carboxylic acids is 2. The van der Waals surface area contributed by atoms with Crippen molar-refractivity contribution in [2.75, 3.05) is 16.8 Å². The summed E-state index contributed by atoms with van der Waals surface area (Å²) in [6.45, 7) is 0.867. The van der Waals surface area contributed by atoms with E-state index in [0.29, 0.717) is 18.4 Å². The minimum absolute atomic E-state index is 0.0852. The highest BCUT2D eigenvalue weighted by molar-refractivity contribution is 7.93. The van der Waals surface area contributed by atoms with Crippen LogP contribution in [0.4, 0.5) is 49.7 Å². The second kappa shape index (κ2) is 26.3. The molecule has 522 valence electrons. The van der Waals surface area contributed by atoms with E-state index in [9.17, 15) is 78.5 Å². The van der Waals surface area contributed by atoms with Gasteiger partial charge in [0.05, 0.1) is 46.8 Å². The molecule has 3 aromatic heterocycles. The molecule has 4 amide bonds. The molecule has 97 heavy (non-hydrogen) atoms. The standard InChI is InChI=1S/C58H55ClF10N9O16PS2/c1-54(2,46-27(20-40(79)73-38(53(85)86)22-43(82)83)18-28(51(70)84)19-39(46)94-95(87,88)89)23-42(81)78(97(6,92)93)52-45-36(59)12-10-33(48(45)77(75-52)25-56(62,63)64)32-8-7-31(13-14-55(3,4)96(5,90)91)71-47(32)37(17-26-15-29(60)21-30(61)16-26)72-41(80)24-76-50-44(49(74-76)58(67,68)69)34-9-11-35(34)57(50,65)66/h7-8,10,12,15-16,18-19,21,34-35,37-38H,9,11,17,20,22-25H2,1-6H3,(H2,70,84)(H,72,80)(H,73,79)(H,82,83)(H,85,86)(H2,87,88,89)/t34-,35+,37-,38-/m0/s1. The van der Waals surface area contributed by atoms with Crippen molar-refractivity contribution in [3.05, 3.63) is 122 Å². The number of pyridine rings is 1. The maximum Gasteiger partial charge on any atom is 0.524 e. The molecule has 1 fully saturated rings. The number of phosphoric ester groups is 1. The number of fused-ring (bicyclic) bond motifs is 4. The number of alkyl halides is 8. The fraction of sp³-hybridized carbons (Fsp3) is 0.397. The number of benzene rings is 3. The molecule has 0 unspecified atom stereocenters. The minimum Gasteiger partial charge on any atom is -0.481 e. The molecule has 2 aliphatic rings. The zero-order valence-corrected chi connectivity index (χ0v) is 54.3. The molecule has 0 spiro atoms. The molecule has 4 atom stereocenters. The number of carbonyl (C=O) groups excluding carboxylic acids is 4. The second-order valence-electron chi connectivity index (χ2n) is 24.0. The molecule has 0 radical (unpaired) electrons. The number of carbonyl (C=O) groups is 6. The number of rotatable bonds is 23. The average molecular weight is 1450 g/mol. The first-order chi connectivity index (χ1) is 44.4. The van der Waals surface area contributed by atoms with Crippen molar-refractivity contribution in [1.82, 2.24) is 35.2 Å². The summed E-state index contributed by atoms with van der Waals surface area (Å²) < 4.78 is 221. The quantitative estimate of drug-likeness (QED) is 0.0185. The van der Waals surface area contributed by atoms with Crippen molar-refractivity contribution < 1.29 is 119 Å². The van der Waals surface area contributed by atoms with Crippen LogP contribution in [0.25, 0.3) is 22.0 Å². The number of amides is 4. The Morgan fingerprint density at radius 3 is 2.04 bits per heavy atom. The van der Waals surface area contributed by atoms with Crippen LogP contribution in [0.2, 0.25) is 5.02 Å². The maximum atomic E-state index is 16.1. The summed E-state index contributed by atoms with van der Waals surface area (Å²) in [5.74, 6) is -15.9. The Morgan fingerprint density at radius 1 is 0.876 bits per heavy atom. The van der Waals surface area contributed by atoms with E-state index in [1.54, 1.807) is 0 Å². The number of aromatic nitrogens is 5. The number of hydrogen-bond donors (Lipinski definition) is 7. The SMILES string of the molecule is CC(C)(CC(=O)N(c1nn(CC(F)(F)F)c2c(-c3ccc(C#CC(C)(C)S(C)(=O)=O)nc3[C@H](Cc3cc(F)cc(F)c3)NC(=O)Cn3nc(C(F)(F)F)c4c3C(F)(F)[C@@H]3CC[C@H]43)ccc(Cl)c12)S(C)(=O)=O)c1c(CC(=O)N[C@@H](CC(=O)O)C(=O)O)cc(C(N)=O)cc1OP(=O)(O)O. The van der Waals surface area contributed by atoms with Crippen LogP contribution in [0.3, 0.4) is 0 Å². The highest BCUT2D eigenvalue weighted by atomic mass is 35.5. The van der Waals surface area contributed by atoms with Gasteiger partial charge in [-0.05, 0) is 98.5 Å². The van der Waals surface area contributed by atoms with E-state index in [1.807, 2.05) is 5.32 Å². The van der Waals surface area contributed by atoms with Gasteiger partial charge in [0.1, 0.15) is 52.7 Å². The Hall–Kier alpha value is -8.69. The van der Waals surface area contributed by atoms with Crippen molar-refractivity contribution >= 4 is 91.6 Å². The van der Waals surface area contributed by atoms with E-state index in [0.717, 1.165) is 62.6 Å². The first-order valence-corrected chi connectivity index (χ1v) is 33.8. The Bertz CT molecular complexity index is 4620. The van der Waals surface area contributed by atoms with Gasteiger partial charge in [-0.3, -0.25) is 43.1 Å². The van der Waals surface area contributed by atoms with Crippen LogP contribution in [0.5, 0.6) is 5.75 Å². The average Bonchev–Trinajstić information content (AvgIpc) is 1.54. The smallest absolute Gasteiger partial charge is 0.481 e. The number of sulfone groups is 1. The number of phosphoric acid groups is 1. The molecule has 1 saturated carbocycles. The van der Waals surface area contributed by atoms with Crippen molar-refractivity contribution in [3.8, 4) is 28.7 Å². The molecule has 8 rings (SSSR count). The summed E-state index contributed by atoms with van der Waals surface area (Å²) in [7, 11) is -15.1. The lowest BCUT2D eigenvalue weighted by molar-refractivity contribution is -0.147. The molecule has 2 aliphatic carbocycles. The number of nitrogens with two attached hydrogens (primary N) is 1. The molecule has 3 aromatic carbocycles. The number of hydrogen-bond acceptors (Lipinski definition) is 15. The molecule has 25 nitrogen and oxygen atoms in total. The number of aliphatic carboxylic acids is 2. The highest BCUT2D eigenvalue weighted by Crippen LogP contribution is 2.64. The van der Waals surface area contributed by atoms with Crippen LogP contribution >= 0.6 is 19.4 Å². The van der Waals surface area contributed by atoms with Crippen LogP contribution in [-0.4, -0.2) is 126 Å². The summed E-state index contributed by atoms with van der Waals surface area (Å²) in [5.41, 5.74) is -5.60. The van der Waals surface area contributed by atoms with E-state index in [1.165, 1.54) is 13.8 Å². The molecule has 0 bridgehead atoms. The number of anilines is 1. The van der Waals surface area contributed by atoms with E-state index in [-0.39, 0.29) is 32.1 Å². The monoisotopic (exact) mass is 1450 g/mol. The number of sulfonamides is 1. The van der Waals surface area contributed by atoms with E-state index in [4.69, 9.17) is 21.9 Å². The zero-order valence-electron chi connectivity index (χ0n) is 51.0. The number of primary amides is 1. The topological polar surface area (TPSA) is 380 Å². The van der Waals surface area contributed by atoms with Crippen molar-refractivity contribution in [2.24, 2.45) is 11.7 Å². The normalized spacial score (nSPS) is 16.2. The molecular weight excluding hydrogens is 1400 g/mol. The molecule has 39 heteroatoms. The third kappa shape index (κ3) is 16.2. The van der Waals surface area contributed by atoms with Crippen LogP contribution < -0.4 is 25.2 Å². The van der Waals surface area contributed by atoms with Gasteiger partial charge >= 0.3 is 32.1 Å². The predicted molar refractivity (Wildman–Crippen MR) is 320 cm³/mol. The minimum atomic E-state index is -5.78. The van der Waals surface area contributed by atoms with Gasteiger partial charge in [-0.2, -0.15) is 49.6 Å². The summed E-state index contributed by atoms with van der Waals surface area (Å²) in [6.07, 6.45) is -14.3. The van der Waals surface area contributed by atoms with Crippen LogP contribution in [0.15, 0.2) is 54.6 Å². The number of nitrogens with one attached hydrogen (secondary N) is 2. The Morgan fingerprint density at radius 2 is 1.51 bits per heavy atom. The van der Waals surface area contributed by atoms with Crippen molar-refractivity contribution in [3.63, 3.8) is 0 Å². The van der Waals surface area contributed by atoms with Gasteiger partial charge in [0.15, 0.2) is 21.3 Å². The largest absolute Gasteiger partial charge is 0.524 e. The van der Waals surface area contributed by atoms with E-state index >= 15 is 35.5 Å². The summed E-state index contributed by atoms with van der Waals surface area (Å²) in [5, 5.41) is 29.1. The van der Waals surface area contributed by atoms with E-state index < -0.39 is 250 Å². The molecule has 0 aliphatic heterocycles. The first-order valence-electron chi connectivity index (χ1n) is 28.2. The molecule has 0 saturated heterocycles. The fourth-order valence-corrected chi connectivity index (χ4v) is 13.2. The Kier molecular flexibility index (Phi) is 20.1. The van der Waals surface area contributed by atoms with Gasteiger partial charge in [0.25, 0.3) is 5.92 Å². The molecule has 6 aromatic rings. The van der Waals surface area contributed by atoms with Gasteiger partial charge in [0, 0.05) is 57.9 Å². The zero-order chi connectivity index (χ0) is 72.6. The number of halogens is 11. The van der Waals surface area contributed by atoms with Gasteiger partial charge in [-0.1, -0.05) is 37.4 Å². The van der Waals surface area contributed by atoms with Crippen LogP contribution in [-0.2, 0) is 91.8 Å². The third-order valence-corrected chi connectivity index (χ3v) is 19.6. The lowest BCUT2D eigenvalue weighted by atomic mass is 9.73. The van der Waals surface area contributed by atoms with Gasteiger partial charge in [-0.15, -0.1) is 0 Å². The van der Waals surface area contributed by atoms with Crippen molar-refractivity contribution in [2.45, 2.75) is 126 Å². The Labute approximate surface area is 547 Å². The molecular formula is C58H55ClF10N9O16PS2. The summed E-state index contributed by atoms with van der Waals surface area (Å²) >= 11 is 6.81. The Balaban J connectivity index is 1.35. The lowest BCUT2D eigenvalue weighted by Gasteiger charge is -2.34. The highest BCUT2D eigenvalue weighted by Gasteiger charge is 2.64. The third-order valence-electron chi connectivity index (χ3n) is 15.9. The second-order valence-corrected chi connectivity index (χ2v) is 30.0.